The maximum absolute atomic E-state index is 12.9. The highest BCUT2D eigenvalue weighted by atomic mass is 16.4. The number of aromatic nitrogens is 1. The molecule has 0 saturated heterocycles. The van der Waals surface area contributed by atoms with Crippen LogP contribution in [-0.2, 0) is 4.79 Å². The van der Waals surface area contributed by atoms with E-state index in [2.05, 4.69) is 33.6 Å². The molecule has 0 saturated carbocycles. The lowest BCUT2D eigenvalue weighted by atomic mass is 9.91. The first-order valence-electron chi connectivity index (χ1n) is 10.4. The zero-order valence-electron chi connectivity index (χ0n) is 18.4. The number of nitrogens with one attached hydrogen (secondary N) is 1. The van der Waals surface area contributed by atoms with Gasteiger partial charge in [0, 0.05) is 11.8 Å². The van der Waals surface area contributed by atoms with Crippen LogP contribution in [0.4, 0.5) is 11.4 Å². The summed E-state index contributed by atoms with van der Waals surface area (Å²) in [5.74, 6) is -1.35. The summed E-state index contributed by atoms with van der Waals surface area (Å²) in [5, 5.41) is 29.5. The molecule has 0 fully saturated rings. The van der Waals surface area contributed by atoms with E-state index in [0.29, 0.717) is 28.7 Å². The summed E-state index contributed by atoms with van der Waals surface area (Å²) in [5.41, 5.74) is 6.27. The van der Waals surface area contributed by atoms with Gasteiger partial charge >= 0.3 is 11.9 Å². The Morgan fingerprint density at radius 2 is 2.06 bits per heavy atom. The van der Waals surface area contributed by atoms with Crippen LogP contribution in [-0.4, -0.2) is 38.5 Å². The van der Waals surface area contributed by atoms with Crippen LogP contribution in [0.5, 0.6) is 5.75 Å². The highest BCUT2D eigenvalue weighted by molar-refractivity contribution is 6.71. The van der Waals surface area contributed by atoms with Gasteiger partial charge in [-0.1, -0.05) is 30.7 Å². The average molecular weight is 445 g/mol. The van der Waals surface area contributed by atoms with E-state index in [-0.39, 0.29) is 17.0 Å². The Bertz CT molecular complexity index is 1280. The molecule has 2 aromatic rings. The van der Waals surface area contributed by atoms with Gasteiger partial charge in [0.1, 0.15) is 11.4 Å². The number of rotatable bonds is 5. The van der Waals surface area contributed by atoms with Gasteiger partial charge in [-0.05, 0) is 50.5 Å². The SMILES string of the molecule is CC1=CC(c2nccc(N/N=C3\C(=O)N(c4cccc(C(=O)O)c4)N=C3C)c2O)=CC(C)C1. The van der Waals surface area contributed by atoms with Gasteiger partial charge in [0.2, 0.25) is 0 Å². The molecule has 33 heavy (non-hydrogen) atoms. The number of carboxylic acids is 1. The third-order valence-corrected chi connectivity index (χ3v) is 5.32. The first-order valence-corrected chi connectivity index (χ1v) is 10.4. The van der Waals surface area contributed by atoms with E-state index in [1.165, 1.54) is 23.8 Å². The first kappa shape index (κ1) is 21.9. The fourth-order valence-electron chi connectivity index (χ4n) is 3.84. The van der Waals surface area contributed by atoms with Crippen molar-refractivity contribution in [3.8, 4) is 5.75 Å². The number of nitrogens with zero attached hydrogens (tertiary/aromatic N) is 4. The second kappa shape index (κ2) is 8.70. The van der Waals surface area contributed by atoms with Gasteiger partial charge in [-0.3, -0.25) is 15.2 Å². The number of allylic oxidation sites excluding steroid dienone is 4. The highest BCUT2D eigenvalue weighted by Gasteiger charge is 2.31. The van der Waals surface area contributed by atoms with Crippen LogP contribution in [0.15, 0.2) is 64.5 Å². The Labute approximate surface area is 190 Å². The van der Waals surface area contributed by atoms with Gasteiger partial charge in [0.15, 0.2) is 11.5 Å². The molecule has 1 atom stereocenters. The van der Waals surface area contributed by atoms with Crippen LogP contribution in [0.1, 0.15) is 43.2 Å². The van der Waals surface area contributed by atoms with Gasteiger partial charge < -0.3 is 10.2 Å². The predicted molar refractivity (Wildman–Crippen MR) is 126 cm³/mol. The van der Waals surface area contributed by atoms with E-state index in [0.717, 1.165) is 17.0 Å². The zero-order chi connectivity index (χ0) is 23.7. The highest BCUT2D eigenvalue weighted by Crippen LogP contribution is 2.35. The smallest absolute Gasteiger partial charge is 0.335 e. The molecule has 9 nitrogen and oxygen atoms in total. The quantitative estimate of drug-likeness (QED) is 0.596. The molecule has 1 amide bonds. The molecule has 2 heterocycles. The molecule has 1 aromatic heterocycles. The number of aromatic carboxylic acids is 1. The van der Waals surface area contributed by atoms with Crippen molar-refractivity contribution in [2.24, 2.45) is 16.1 Å². The van der Waals surface area contributed by atoms with Crippen molar-refractivity contribution in [1.82, 2.24) is 4.98 Å². The molecule has 168 valence electrons. The van der Waals surface area contributed by atoms with E-state index in [4.69, 9.17) is 0 Å². The number of aromatic hydroxyl groups is 1. The van der Waals surface area contributed by atoms with E-state index in [1.54, 1.807) is 25.3 Å². The number of hydrogen-bond acceptors (Lipinski definition) is 7. The number of anilines is 2. The lowest BCUT2D eigenvalue weighted by molar-refractivity contribution is -0.112. The maximum atomic E-state index is 12.9. The number of benzene rings is 1. The van der Waals surface area contributed by atoms with Crippen LogP contribution in [0.3, 0.4) is 0 Å². The molecule has 1 aliphatic carbocycles. The van der Waals surface area contributed by atoms with Crippen molar-refractivity contribution < 1.29 is 19.8 Å². The Hall–Kier alpha value is -4.27. The number of carboxylic acid groups (broad SMARTS) is 1. The molecule has 9 heteroatoms. The van der Waals surface area contributed by atoms with Gasteiger partial charge in [0.25, 0.3) is 0 Å². The Balaban J connectivity index is 1.59. The minimum absolute atomic E-state index is 0.0431. The summed E-state index contributed by atoms with van der Waals surface area (Å²) in [6.45, 7) is 5.77. The van der Waals surface area contributed by atoms with Gasteiger partial charge in [-0.2, -0.15) is 15.2 Å². The Kier molecular flexibility index (Phi) is 5.78. The molecule has 2 aliphatic rings. The average Bonchev–Trinajstić information content (AvgIpc) is 3.06. The predicted octanol–water partition coefficient (Wildman–Crippen LogP) is 4.05. The number of amides is 1. The standard InChI is InChI=1S/C24H23N5O4/c1-13-9-14(2)11-17(10-13)21-22(30)19(7-8-25-21)26-27-20-15(3)28-29(23(20)31)18-6-4-5-16(12-18)24(32)33/h4-8,10-13,30H,9H2,1-3H3,(H,25,26)(H,32,33)/b27-20-. The summed E-state index contributed by atoms with van der Waals surface area (Å²) < 4.78 is 0. The summed E-state index contributed by atoms with van der Waals surface area (Å²) in [6.07, 6.45) is 6.58. The van der Waals surface area contributed by atoms with Crippen LogP contribution in [0.2, 0.25) is 0 Å². The Morgan fingerprint density at radius 3 is 2.79 bits per heavy atom. The summed E-state index contributed by atoms with van der Waals surface area (Å²) in [6, 6.07) is 7.49. The third kappa shape index (κ3) is 4.38. The van der Waals surface area contributed by atoms with Crippen LogP contribution in [0, 0.1) is 5.92 Å². The first-order chi connectivity index (χ1) is 15.7. The Morgan fingerprint density at radius 1 is 1.27 bits per heavy atom. The third-order valence-electron chi connectivity index (χ3n) is 5.32. The van der Waals surface area contributed by atoms with E-state index in [1.807, 2.05) is 13.0 Å². The lowest BCUT2D eigenvalue weighted by Gasteiger charge is -2.17. The second-order valence-corrected chi connectivity index (χ2v) is 8.08. The fourth-order valence-corrected chi connectivity index (χ4v) is 3.84. The minimum Gasteiger partial charge on any atom is -0.504 e. The van der Waals surface area contributed by atoms with Crippen molar-refractivity contribution in [3.05, 3.63) is 65.5 Å². The van der Waals surface area contributed by atoms with Crippen molar-refractivity contribution in [3.63, 3.8) is 0 Å². The van der Waals surface area contributed by atoms with Crippen molar-refractivity contribution >= 4 is 40.2 Å². The number of carbonyl (C=O) groups excluding carboxylic acids is 1. The van der Waals surface area contributed by atoms with Crippen molar-refractivity contribution in [1.29, 1.82) is 0 Å². The molecular weight excluding hydrogens is 422 g/mol. The molecule has 0 bridgehead atoms. The van der Waals surface area contributed by atoms with Crippen LogP contribution >= 0.6 is 0 Å². The molecule has 3 N–H and O–H groups in total. The maximum Gasteiger partial charge on any atom is 0.335 e. The van der Waals surface area contributed by atoms with E-state index in [9.17, 15) is 19.8 Å². The van der Waals surface area contributed by atoms with Crippen LogP contribution in [0.25, 0.3) is 5.57 Å². The van der Waals surface area contributed by atoms with Crippen LogP contribution < -0.4 is 10.4 Å². The largest absolute Gasteiger partial charge is 0.504 e. The van der Waals surface area contributed by atoms with E-state index < -0.39 is 11.9 Å². The van der Waals surface area contributed by atoms with Crippen molar-refractivity contribution in [2.75, 3.05) is 10.4 Å². The second-order valence-electron chi connectivity index (χ2n) is 8.08. The molecule has 0 spiro atoms. The molecule has 1 aromatic carbocycles. The molecule has 0 radical (unpaired) electrons. The summed E-state index contributed by atoms with van der Waals surface area (Å²) >= 11 is 0. The number of hydrogen-bond donors (Lipinski definition) is 3. The van der Waals surface area contributed by atoms with Gasteiger partial charge in [-0.25, -0.2) is 4.79 Å². The molecule has 1 unspecified atom stereocenters. The summed E-state index contributed by atoms with van der Waals surface area (Å²) in [7, 11) is 0. The van der Waals surface area contributed by atoms with Gasteiger partial charge in [-0.15, -0.1) is 0 Å². The molecular formula is C24H23N5O4. The van der Waals surface area contributed by atoms with Crippen molar-refractivity contribution in [2.45, 2.75) is 27.2 Å². The summed E-state index contributed by atoms with van der Waals surface area (Å²) in [4.78, 5) is 28.4. The fraction of sp³-hybridized carbons (Fsp3) is 0.208. The molecule has 1 aliphatic heterocycles. The zero-order valence-corrected chi connectivity index (χ0v) is 18.4. The minimum atomic E-state index is -1.10. The monoisotopic (exact) mass is 445 g/mol. The number of pyridine rings is 1. The number of carbonyl (C=O) groups is 2. The molecule has 4 rings (SSSR count). The topological polar surface area (TPSA) is 127 Å². The normalized spacial score (nSPS) is 19.3. The van der Waals surface area contributed by atoms with E-state index >= 15 is 0 Å². The van der Waals surface area contributed by atoms with Gasteiger partial charge in [0.05, 0.1) is 17.0 Å². The number of hydrazone groups is 2. The lowest BCUT2D eigenvalue weighted by Crippen LogP contribution is -2.28.